The quantitative estimate of drug-likeness (QED) is 0.160. The first-order chi connectivity index (χ1) is 28.1. The summed E-state index contributed by atoms with van der Waals surface area (Å²) in [7, 11) is 0. The summed E-state index contributed by atoms with van der Waals surface area (Å²) < 4.78 is 6.89. The van der Waals surface area contributed by atoms with E-state index in [2.05, 4.69) is 201 Å². The van der Waals surface area contributed by atoms with E-state index in [1.807, 2.05) is 18.2 Å². The third-order valence-electron chi connectivity index (χ3n) is 10.8. The van der Waals surface area contributed by atoms with Gasteiger partial charge < -0.3 is 9.84 Å². The highest BCUT2D eigenvalue weighted by molar-refractivity contribution is 5.89. The molecule has 274 valence electrons. The van der Waals surface area contributed by atoms with Crippen molar-refractivity contribution in [3.63, 3.8) is 0 Å². The fraction of sp³-hybridized carbons (Fsp3) is 0.0545. The van der Waals surface area contributed by atoms with Gasteiger partial charge in [0.1, 0.15) is 17.6 Å². The first-order valence-electron chi connectivity index (χ1n) is 19.6. The van der Waals surface area contributed by atoms with Crippen molar-refractivity contribution in [2.24, 2.45) is 0 Å². The van der Waals surface area contributed by atoms with E-state index < -0.39 is 0 Å². The lowest BCUT2D eigenvalue weighted by atomic mass is 9.91. The molecule has 0 aliphatic heterocycles. The minimum absolute atomic E-state index is 0.197. The van der Waals surface area contributed by atoms with Gasteiger partial charge in [-0.2, -0.15) is 0 Å². The van der Waals surface area contributed by atoms with Crippen molar-refractivity contribution in [1.29, 1.82) is 0 Å². The molecule has 0 amide bonds. The Balaban J connectivity index is 1.06. The predicted octanol–water partition coefficient (Wildman–Crippen LogP) is 14.5. The van der Waals surface area contributed by atoms with Crippen molar-refractivity contribution >= 4 is 5.57 Å². The van der Waals surface area contributed by atoms with E-state index in [1.54, 1.807) is 0 Å². The molecule has 0 heterocycles. The molecule has 1 N–H and O–H groups in total. The normalized spacial score (nSPS) is 13.6. The summed E-state index contributed by atoms with van der Waals surface area (Å²) in [5, 5.41) is 12.4. The van der Waals surface area contributed by atoms with Gasteiger partial charge in [0.25, 0.3) is 0 Å². The molecule has 0 spiro atoms. The number of benzene rings is 8. The standard InChI is InChI=1S/C55H42O2/c1-38-34-52(50-25-13-24-49(37-50)48-23-12-21-46(36-48)41-18-9-4-10-19-41)54(56)53(44-28-26-42(27-29-44)39-14-5-2-6-15-39)55(38)57-51-32-30-43(31-33-51)47-22-11-20-45(35-47)40-16-7-3-8-17-40/h2-32,34-37,51,56H,33H2,1H3. The lowest BCUT2D eigenvalue weighted by molar-refractivity contribution is 0.250. The number of phenolic OH excluding ortho intramolecular Hbond substituents is 1. The van der Waals surface area contributed by atoms with E-state index in [4.69, 9.17) is 4.74 Å². The van der Waals surface area contributed by atoms with Gasteiger partial charge in [0.2, 0.25) is 0 Å². The third kappa shape index (κ3) is 7.59. The number of aromatic hydroxyl groups is 1. The van der Waals surface area contributed by atoms with E-state index in [1.165, 1.54) is 33.4 Å². The van der Waals surface area contributed by atoms with Crippen LogP contribution < -0.4 is 4.74 Å². The molecule has 0 bridgehead atoms. The summed E-state index contributed by atoms with van der Waals surface area (Å²) in [6, 6.07) is 67.5. The maximum Gasteiger partial charge on any atom is 0.134 e. The molecule has 8 aromatic carbocycles. The Morgan fingerprint density at radius 1 is 0.439 bits per heavy atom. The topological polar surface area (TPSA) is 29.5 Å². The van der Waals surface area contributed by atoms with Crippen molar-refractivity contribution in [3.8, 4) is 78.3 Å². The summed E-state index contributed by atoms with van der Waals surface area (Å²) in [5.74, 6) is 0.889. The summed E-state index contributed by atoms with van der Waals surface area (Å²) in [6.45, 7) is 2.08. The molecule has 8 aromatic rings. The fourth-order valence-electron chi connectivity index (χ4n) is 7.83. The smallest absolute Gasteiger partial charge is 0.134 e. The minimum Gasteiger partial charge on any atom is -0.507 e. The van der Waals surface area contributed by atoms with Gasteiger partial charge in [-0.25, -0.2) is 0 Å². The van der Waals surface area contributed by atoms with Crippen molar-refractivity contribution < 1.29 is 9.84 Å². The van der Waals surface area contributed by atoms with Crippen LogP contribution >= 0.6 is 0 Å². The van der Waals surface area contributed by atoms with Crippen molar-refractivity contribution in [2.45, 2.75) is 19.4 Å². The van der Waals surface area contributed by atoms with Gasteiger partial charge in [-0.15, -0.1) is 0 Å². The Morgan fingerprint density at radius 2 is 0.860 bits per heavy atom. The SMILES string of the molecule is Cc1cc(-c2cccc(-c3cccc(-c4ccccc4)c3)c2)c(O)c(-c2ccc(-c3ccccc3)cc2)c1OC1C=CC(c2cccc(-c3ccccc3)c2)=CC1. The molecule has 0 saturated carbocycles. The molecule has 1 aliphatic rings. The number of ether oxygens (including phenoxy) is 1. The van der Waals surface area contributed by atoms with Gasteiger partial charge >= 0.3 is 0 Å². The molecule has 1 aliphatic carbocycles. The summed E-state index contributed by atoms with van der Waals surface area (Å²) in [5.41, 5.74) is 15.8. The molecular weight excluding hydrogens is 693 g/mol. The molecule has 1 unspecified atom stereocenters. The Hall–Kier alpha value is -7.16. The van der Waals surface area contributed by atoms with Crippen LogP contribution in [0, 0.1) is 6.92 Å². The molecule has 0 radical (unpaired) electrons. The number of hydrogen-bond acceptors (Lipinski definition) is 2. The maximum absolute atomic E-state index is 12.4. The Labute approximate surface area is 335 Å². The van der Waals surface area contributed by atoms with Crippen LogP contribution in [0.2, 0.25) is 0 Å². The second-order valence-electron chi connectivity index (χ2n) is 14.6. The van der Waals surface area contributed by atoms with Crippen LogP contribution in [-0.2, 0) is 0 Å². The minimum atomic E-state index is -0.197. The van der Waals surface area contributed by atoms with Crippen LogP contribution in [0.1, 0.15) is 17.5 Å². The predicted molar refractivity (Wildman–Crippen MR) is 238 cm³/mol. The van der Waals surface area contributed by atoms with Crippen molar-refractivity contribution in [1.82, 2.24) is 0 Å². The van der Waals surface area contributed by atoms with E-state index in [0.717, 1.165) is 44.5 Å². The number of allylic oxidation sites excluding steroid dienone is 2. The lowest BCUT2D eigenvalue weighted by Gasteiger charge is -2.24. The van der Waals surface area contributed by atoms with Crippen LogP contribution in [-0.4, -0.2) is 11.2 Å². The van der Waals surface area contributed by atoms with E-state index in [9.17, 15) is 5.11 Å². The molecule has 0 saturated heterocycles. The molecule has 2 heteroatoms. The summed E-state index contributed by atoms with van der Waals surface area (Å²) in [4.78, 5) is 0. The zero-order valence-corrected chi connectivity index (χ0v) is 31.8. The average Bonchev–Trinajstić information content (AvgIpc) is 3.29. The number of phenols is 1. The summed E-state index contributed by atoms with van der Waals surface area (Å²) >= 11 is 0. The molecular formula is C55H42O2. The molecule has 0 aromatic heterocycles. The van der Waals surface area contributed by atoms with Crippen LogP contribution in [0.3, 0.4) is 0 Å². The van der Waals surface area contributed by atoms with Gasteiger partial charge in [0.15, 0.2) is 0 Å². The highest BCUT2D eigenvalue weighted by Gasteiger charge is 2.23. The Bertz CT molecular complexity index is 2730. The zero-order chi connectivity index (χ0) is 38.6. The largest absolute Gasteiger partial charge is 0.507 e. The van der Waals surface area contributed by atoms with Crippen molar-refractivity contribution in [2.75, 3.05) is 0 Å². The Morgan fingerprint density at radius 3 is 1.40 bits per heavy atom. The Kier molecular flexibility index (Phi) is 9.91. The molecule has 2 nitrogen and oxygen atoms in total. The second kappa shape index (κ2) is 15.9. The van der Waals surface area contributed by atoms with Crippen molar-refractivity contribution in [3.05, 3.63) is 223 Å². The molecule has 57 heavy (non-hydrogen) atoms. The van der Waals surface area contributed by atoms with Crippen LogP contribution in [0.4, 0.5) is 0 Å². The number of aryl methyl sites for hydroxylation is 1. The molecule has 9 rings (SSSR count). The maximum atomic E-state index is 12.4. The zero-order valence-electron chi connectivity index (χ0n) is 31.8. The van der Waals surface area contributed by atoms with E-state index in [0.29, 0.717) is 17.7 Å². The molecule has 0 fully saturated rings. The second-order valence-corrected chi connectivity index (χ2v) is 14.6. The van der Waals surface area contributed by atoms with Crippen LogP contribution in [0.15, 0.2) is 212 Å². The van der Waals surface area contributed by atoms with Gasteiger partial charge in [-0.3, -0.25) is 0 Å². The van der Waals surface area contributed by atoms with E-state index >= 15 is 0 Å². The van der Waals surface area contributed by atoms with Crippen LogP contribution in [0.25, 0.3) is 72.3 Å². The summed E-state index contributed by atoms with van der Waals surface area (Å²) in [6.07, 6.45) is 7.07. The highest BCUT2D eigenvalue weighted by atomic mass is 16.5. The van der Waals surface area contributed by atoms with E-state index in [-0.39, 0.29) is 11.9 Å². The van der Waals surface area contributed by atoms with Gasteiger partial charge in [0.05, 0.1) is 5.56 Å². The highest BCUT2D eigenvalue weighted by Crippen LogP contribution is 2.48. The third-order valence-corrected chi connectivity index (χ3v) is 10.8. The van der Waals surface area contributed by atoms with Gasteiger partial charge in [0, 0.05) is 12.0 Å². The fourth-order valence-corrected chi connectivity index (χ4v) is 7.83. The molecule has 1 atom stereocenters. The first-order valence-corrected chi connectivity index (χ1v) is 19.6. The van der Waals surface area contributed by atoms with Gasteiger partial charge in [-0.05, 0) is 110 Å². The first kappa shape index (κ1) is 35.5. The average molecular weight is 735 g/mol. The van der Waals surface area contributed by atoms with Crippen LogP contribution in [0.5, 0.6) is 11.5 Å². The van der Waals surface area contributed by atoms with Gasteiger partial charge in [-0.1, -0.05) is 182 Å². The number of hydrogen-bond donors (Lipinski definition) is 1. The lowest BCUT2D eigenvalue weighted by Crippen LogP contribution is -2.16. The number of rotatable bonds is 9. The monoisotopic (exact) mass is 734 g/mol.